The van der Waals surface area contributed by atoms with Gasteiger partial charge in [-0.2, -0.15) is 0 Å². The molecular formula is C16H35IN4. The summed E-state index contributed by atoms with van der Waals surface area (Å²) in [5.41, 5.74) is 0. The van der Waals surface area contributed by atoms with Crippen molar-refractivity contribution in [3.05, 3.63) is 0 Å². The molecule has 0 aromatic rings. The Morgan fingerprint density at radius 1 is 1.19 bits per heavy atom. The van der Waals surface area contributed by atoms with Gasteiger partial charge in [-0.05, 0) is 51.1 Å². The first-order chi connectivity index (χ1) is 9.52. The van der Waals surface area contributed by atoms with E-state index in [1.807, 2.05) is 7.05 Å². The molecule has 0 bridgehead atoms. The Morgan fingerprint density at radius 3 is 2.33 bits per heavy atom. The van der Waals surface area contributed by atoms with Crippen molar-refractivity contribution >= 4 is 29.9 Å². The molecule has 1 atom stereocenters. The van der Waals surface area contributed by atoms with Crippen LogP contribution in [0.4, 0.5) is 0 Å². The summed E-state index contributed by atoms with van der Waals surface area (Å²) in [6.07, 6.45) is 3.86. The molecule has 0 amide bonds. The molecule has 1 aliphatic heterocycles. The summed E-state index contributed by atoms with van der Waals surface area (Å²) in [5.74, 6) is 2.56. The maximum absolute atomic E-state index is 4.29. The van der Waals surface area contributed by atoms with Gasteiger partial charge in [0.05, 0.1) is 0 Å². The van der Waals surface area contributed by atoms with Crippen LogP contribution in [0.5, 0.6) is 0 Å². The van der Waals surface area contributed by atoms with E-state index in [2.05, 4.69) is 48.2 Å². The monoisotopic (exact) mass is 410 g/mol. The Hall–Kier alpha value is -0.0400. The second kappa shape index (κ2) is 11.5. The minimum atomic E-state index is 0. The van der Waals surface area contributed by atoms with Crippen LogP contribution in [0.3, 0.4) is 0 Å². The fourth-order valence-corrected chi connectivity index (χ4v) is 2.54. The molecule has 1 rings (SSSR count). The van der Waals surface area contributed by atoms with Gasteiger partial charge in [0.2, 0.25) is 0 Å². The Bertz CT molecular complexity index is 286. The van der Waals surface area contributed by atoms with Gasteiger partial charge in [0.15, 0.2) is 5.96 Å². The van der Waals surface area contributed by atoms with Crippen molar-refractivity contribution < 1.29 is 0 Å². The van der Waals surface area contributed by atoms with Crippen LogP contribution in [0.15, 0.2) is 4.99 Å². The first-order valence-electron chi connectivity index (χ1n) is 8.21. The predicted molar refractivity (Wildman–Crippen MR) is 104 cm³/mol. The zero-order valence-electron chi connectivity index (χ0n) is 14.5. The summed E-state index contributed by atoms with van der Waals surface area (Å²) in [7, 11) is 1.85. The van der Waals surface area contributed by atoms with Gasteiger partial charge in [-0.1, -0.05) is 20.8 Å². The molecule has 0 aromatic carbocycles. The lowest BCUT2D eigenvalue weighted by Gasteiger charge is -2.35. The lowest BCUT2D eigenvalue weighted by Crippen LogP contribution is -2.48. The van der Waals surface area contributed by atoms with Gasteiger partial charge in [0.25, 0.3) is 0 Å². The Labute approximate surface area is 148 Å². The maximum Gasteiger partial charge on any atom is 0.191 e. The average molecular weight is 410 g/mol. The van der Waals surface area contributed by atoms with Gasteiger partial charge in [-0.3, -0.25) is 9.89 Å². The van der Waals surface area contributed by atoms with E-state index in [0.29, 0.717) is 6.04 Å². The smallest absolute Gasteiger partial charge is 0.191 e. The predicted octanol–water partition coefficient (Wildman–Crippen LogP) is 2.94. The summed E-state index contributed by atoms with van der Waals surface area (Å²) in [6.45, 7) is 13.6. The van der Waals surface area contributed by atoms with Crippen molar-refractivity contribution in [1.29, 1.82) is 0 Å². The first-order valence-corrected chi connectivity index (χ1v) is 8.21. The van der Waals surface area contributed by atoms with Gasteiger partial charge >= 0.3 is 0 Å². The van der Waals surface area contributed by atoms with Crippen molar-refractivity contribution in [2.24, 2.45) is 16.8 Å². The molecule has 4 nitrogen and oxygen atoms in total. The highest BCUT2D eigenvalue weighted by atomic mass is 127. The normalized spacial score (nSPS) is 19.2. The third kappa shape index (κ3) is 8.86. The van der Waals surface area contributed by atoms with Crippen LogP contribution in [0, 0.1) is 11.8 Å². The van der Waals surface area contributed by atoms with E-state index in [1.54, 1.807) is 0 Å². The first kappa shape index (κ1) is 21.0. The van der Waals surface area contributed by atoms with Crippen LogP contribution in [-0.2, 0) is 0 Å². The number of halogens is 1. The van der Waals surface area contributed by atoms with Crippen LogP contribution in [0.1, 0.15) is 47.0 Å². The lowest BCUT2D eigenvalue weighted by molar-refractivity contribution is 0.147. The van der Waals surface area contributed by atoms with E-state index >= 15 is 0 Å². The molecule has 2 N–H and O–H groups in total. The Kier molecular flexibility index (Phi) is 11.5. The highest BCUT2D eigenvalue weighted by Gasteiger charge is 2.20. The zero-order valence-corrected chi connectivity index (χ0v) is 16.8. The summed E-state index contributed by atoms with van der Waals surface area (Å²) in [6, 6.07) is 0.575. The molecule has 126 valence electrons. The quantitative estimate of drug-likeness (QED) is 0.402. The number of guanidine groups is 1. The lowest BCUT2D eigenvalue weighted by atomic mass is 9.98. The zero-order chi connectivity index (χ0) is 15.0. The topological polar surface area (TPSA) is 39.7 Å². The molecule has 0 aliphatic carbocycles. The van der Waals surface area contributed by atoms with E-state index in [1.165, 1.54) is 32.4 Å². The molecule has 21 heavy (non-hydrogen) atoms. The van der Waals surface area contributed by atoms with Gasteiger partial charge in [-0.25, -0.2) is 0 Å². The highest BCUT2D eigenvalue weighted by molar-refractivity contribution is 14.0. The van der Waals surface area contributed by atoms with Crippen LogP contribution < -0.4 is 10.6 Å². The molecule has 1 fully saturated rings. The highest BCUT2D eigenvalue weighted by Crippen LogP contribution is 2.17. The molecule has 5 heteroatoms. The summed E-state index contributed by atoms with van der Waals surface area (Å²) in [5, 5.41) is 6.84. The molecule has 0 aromatic heterocycles. The van der Waals surface area contributed by atoms with Crippen molar-refractivity contribution in [3.8, 4) is 0 Å². The van der Waals surface area contributed by atoms with Crippen LogP contribution in [0.25, 0.3) is 0 Å². The molecule has 0 radical (unpaired) electrons. The second-order valence-corrected chi connectivity index (χ2v) is 6.63. The average Bonchev–Trinajstić information content (AvgIpc) is 2.42. The third-order valence-electron chi connectivity index (χ3n) is 4.24. The maximum atomic E-state index is 4.29. The number of nitrogens with zero attached hydrogens (tertiary/aromatic N) is 2. The number of rotatable bonds is 6. The van der Waals surface area contributed by atoms with Gasteiger partial charge in [0, 0.05) is 26.2 Å². The van der Waals surface area contributed by atoms with E-state index in [4.69, 9.17) is 0 Å². The number of nitrogens with one attached hydrogen (secondary N) is 2. The number of aliphatic imine (C=N–C) groups is 1. The molecule has 1 aliphatic rings. The number of hydrogen-bond acceptors (Lipinski definition) is 2. The van der Waals surface area contributed by atoms with E-state index < -0.39 is 0 Å². The molecular weight excluding hydrogens is 375 g/mol. The summed E-state index contributed by atoms with van der Waals surface area (Å²) < 4.78 is 0. The fourth-order valence-electron chi connectivity index (χ4n) is 2.54. The van der Waals surface area contributed by atoms with Crippen molar-refractivity contribution in [2.45, 2.75) is 53.0 Å². The van der Waals surface area contributed by atoms with Gasteiger partial charge in [0.1, 0.15) is 0 Å². The SMILES string of the molecule is CN=C(NCCC(C)C)NCC(C)N1CCC(C)CC1.I. The minimum Gasteiger partial charge on any atom is -0.356 e. The molecule has 0 saturated carbocycles. The van der Waals surface area contributed by atoms with Crippen molar-refractivity contribution in [3.63, 3.8) is 0 Å². The minimum absolute atomic E-state index is 0. The summed E-state index contributed by atoms with van der Waals surface area (Å²) in [4.78, 5) is 6.88. The number of likely N-dealkylation sites (tertiary alicyclic amines) is 1. The standard InChI is InChI=1S/C16H34N4.HI/c1-13(2)6-9-18-16(17-5)19-12-15(4)20-10-7-14(3)8-11-20;/h13-15H,6-12H2,1-5H3,(H2,17,18,19);1H. The van der Waals surface area contributed by atoms with E-state index in [0.717, 1.165) is 30.9 Å². The largest absolute Gasteiger partial charge is 0.356 e. The number of piperidine rings is 1. The fraction of sp³-hybridized carbons (Fsp3) is 0.938. The van der Waals surface area contributed by atoms with Crippen LogP contribution >= 0.6 is 24.0 Å². The van der Waals surface area contributed by atoms with E-state index in [-0.39, 0.29) is 24.0 Å². The second-order valence-electron chi connectivity index (χ2n) is 6.63. The third-order valence-corrected chi connectivity index (χ3v) is 4.24. The van der Waals surface area contributed by atoms with Crippen molar-refractivity contribution in [2.75, 3.05) is 33.2 Å². The Morgan fingerprint density at radius 2 is 1.81 bits per heavy atom. The molecule has 1 unspecified atom stereocenters. The van der Waals surface area contributed by atoms with Crippen molar-refractivity contribution in [1.82, 2.24) is 15.5 Å². The van der Waals surface area contributed by atoms with Gasteiger partial charge in [-0.15, -0.1) is 24.0 Å². The van der Waals surface area contributed by atoms with Crippen LogP contribution in [-0.4, -0.2) is 50.1 Å². The van der Waals surface area contributed by atoms with E-state index in [9.17, 15) is 0 Å². The Balaban J connectivity index is 0.00000400. The van der Waals surface area contributed by atoms with Gasteiger partial charge < -0.3 is 10.6 Å². The molecule has 1 saturated heterocycles. The summed E-state index contributed by atoms with van der Waals surface area (Å²) >= 11 is 0. The molecule has 1 heterocycles. The molecule has 0 spiro atoms. The van der Waals surface area contributed by atoms with Crippen LogP contribution in [0.2, 0.25) is 0 Å². The number of hydrogen-bond donors (Lipinski definition) is 2.